The topological polar surface area (TPSA) is 93.0 Å². The third-order valence-corrected chi connectivity index (χ3v) is 6.64. The highest BCUT2D eigenvalue weighted by Gasteiger charge is 2.51. The van der Waals surface area contributed by atoms with Crippen molar-refractivity contribution in [2.24, 2.45) is 0 Å². The van der Waals surface area contributed by atoms with Gasteiger partial charge in [0.1, 0.15) is 0 Å². The number of anilines is 1. The number of rotatable bonds is 6. The summed E-state index contributed by atoms with van der Waals surface area (Å²) in [5, 5.41) is 23.5. The lowest BCUT2D eigenvalue weighted by atomic mass is 9.92. The Morgan fingerprint density at radius 1 is 1.12 bits per heavy atom. The number of nitrogens with one attached hydrogen (secondary N) is 1. The molecule has 5 rings (SSSR count). The number of ether oxygens (including phenoxy) is 2. The minimum atomic E-state index is -0.836. The predicted octanol–water partition coefficient (Wildman–Crippen LogP) is 3.69. The second-order valence-corrected chi connectivity index (χ2v) is 10.1. The van der Waals surface area contributed by atoms with Gasteiger partial charge in [-0.25, -0.2) is 0 Å². The first-order chi connectivity index (χ1) is 15.7. The molecule has 0 bridgehead atoms. The van der Waals surface area contributed by atoms with Crippen molar-refractivity contribution in [3.63, 3.8) is 0 Å². The summed E-state index contributed by atoms with van der Waals surface area (Å²) in [5.41, 5.74) is 3.03. The van der Waals surface area contributed by atoms with Crippen LogP contribution in [0.3, 0.4) is 0 Å². The lowest BCUT2D eigenvalue weighted by molar-refractivity contribution is -0.118. The second-order valence-electron chi connectivity index (χ2n) is 10.1. The Labute approximate surface area is 192 Å². The van der Waals surface area contributed by atoms with Crippen LogP contribution in [0.5, 0.6) is 11.5 Å². The lowest BCUT2D eigenvalue weighted by Crippen LogP contribution is -2.27. The largest absolute Gasteiger partial charge is 0.454 e. The van der Waals surface area contributed by atoms with Crippen LogP contribution < -0.4 is 14.8 Å². The lowest BCUT2D eigenvalue weighted by Gasteiger charge is -2.23. The number of aliphatic hydroxyl groups is 2. The third-order valence-electron chi connectivity index (χ3n) is 6.64. The average Bonchev–Trinajstić information content (AvgIpc) is 3.32. The molecule has 1 amide bonds. The zero-order valence-electron chi connectivity index (χ0n) is 19.2. The van der Waals surface area contributed by atoms with E-state index in [4.69, 9.17) is 9.47 Å². The molecule has 1 aromatic heterocycles. The van der Waals surface area contributed by atoms with Crippen molar-refractivity contribution in [1.29, 1.82) is 0 Å². The molecular weight excluding hydrogens is 420 g/mol. The SMILES string of the molecule is CC(C)(C)c1cc2cc(NC(=O)C3(c4ccc5c(c4)OCO5)CC3)ccc2n1C[C@H](O)CO. The molecular formula is C26H30N2O5. The highest BCUT2D eigenvalue weighted by atomic mass is 16.7. The molecule has 1 fully saturated rings. The van der Waals surface area contributed by atoms with E-state index in [-0.39, 0.29) is 24.7 Å². The van der Waals surface area contributed by atoms with Crippen LogP contribution in [0.4, 0.5) is 5.69 Å². The Bertz CT molecular complexity index is 1220. The number of carbonyl (C=O) groups is 1. The van der Waals surface area contributed by atoms with E-state index in [0.717, 1.165) is 40.7 Å². The monoisotopic (exact) mass is 450 g/mol. The standard InChI is InChI=1S/C26H30N2O5/c1-25(2,3)23-11-16-10-18(5-6-20(16)28(23)13-19(30)14-29)27-24(31)26(8-9-26)17-4-7-21-22(12-17)33-15-32-21/h4-7,10-12,19,29-30H,8-9,13-15H2,1-3H3,(H,27,31)/t19-/m0/s1. The maximum atomic E-state index is 13.3. The fourth-order valence-corrected chi connectivity index (χ4v) is 4.65. The molecule has 1 saturated carbocycles. The first-order valence-corrected chi connectivity index (χ1v) is 11.4. The number of fused-ring (bicyclic) bond motifs is 2. The molecule has 2 aliphatic rings. The van der Waals surface area contributed by atoms with Gasteiger partial charge in [-0.1, -0.05) is 26.8 Å². The number of benzene rings is 2. The average molecular weight is 451 g/mol. The van der Waals surface area contributed by atoms with Crippen LogP contribution in [0.2, 0.25) is 0 Å². The maximum absolute atomic E-state index is 13.3. The summed E-state index contributed by atoms with van der Waals surface area (Å²) < 4.78 is 12.9. The Morgan fingerprint density at radius 2 is 1.88 bits per heavy atom. The summed E-state index contributed by atoms with van der Waals surface area (Å²) in [6, 6.07) is 13.7. The molecule has 33 heavy (non-hydrogen) atoms. The second kappa shape index (κ2) is 7.78. The summed E-state index contributed by atoms with van der Waals surface area (Å²) in [6.45, 7) is 6.59. The van der Waals surface area contributed by atoms with Gasteiger partial charge in [0.25, 0.3) is 0 Å². The fraction of sp³-hybridized carbons (Fsp3) is 0.423. The van der Waals surface area contributed by atoms with Gasteiger partial charge < -0.3 is 29.6 Å². The highest BCUT2D eigenvalue weighted by molar-refractivity contribution is 6.02. The van der Waals surface area contributed by atoms with Crippen LogP contribution in [0.25, 0.3) is 10.9 Å². The minimum Gasteiger partial charge on any atom is -0.454 e. The van der Waals surface area contributed by atoms with E-state index in [1.165, 1.54) is 0 Å². The van der Waals surface area contributed by atoms with Gasteiger partial charge in [0, 0.05) is 27.7 Å². The molecule has 1 aliphatic heterocycles. The van der Waals surface area contributed by atoms with E-state index in [0.29, 0.717) is 18.0 Å². The quantitative estimate of drug-likeness (QED) is 0.533. The molecule has 0 unspecified atom stereocenters. The zero-order chi connectivity index (χ0) is 23.4. The molecule has 0 radical (unpaired) electrons. The van der Waals surface area contributed by atoms with E-state index >= 15 is 0 Å². The van der Waals surface area contributed by atoms with Crippen molar-refractivity contribution in [3.8, 4) is 11.5 Å². The van der Waals surface area contributed by atoms with Crippen molar-refractivity contribution in [1.82, 2.24) is 4.57 Å². The molecule has 7 nitrogen and oxygen atoms in total. The van der Waals surface area contributed by atoms with Crippen LogP contribution in [-0.2, 0) is 22.2 Å². The van der Waals surface area contributed by atoms with Crippen LogP contribution in [0.1, 0.15) is 44.9 Å². The smallest absolute Gasteiger partial charge is 0.235 e. The normalized spacial score (nSPS) is 17.2. The van der Waals surface area contributed by atoms with E-state index < -0.39 is 11.5 Å². The van der Waals surface area contributed by atoms with Gasteiger partial charge in [-0.15, -0.1) is 0 Å². The number of aromatic nitrogens is 1. The summed E-state index contributed by atoms with van der Waals surface area (Å²) in [6.07, 6.45) is 0.756. The fourth-order valence-electron chi connectivity index (χ4n) is 4.65. The Hall–Kier alpha value is -3.03. The summed E-state index contributed by atoms with van der Waals surface area (Å²) in [7, 11) is 0. The zero-order valence-corrected chi connectivity index (χ0v) is 19.2. The van der Waals surface area contributed by atoms with Crippen molar-refractivity contribution >= 4 is 22.5 Å². The molecule has 174 valence electrons. The van der Waals surface area contributed by atoms with Crippen LogP contribution in [0.15, 0.2) is 42.5 Å². The van der Waals surface area contributed by atoms with Gasteiger partial charge in [0.2, 0.25) is 12.7 Å². The van der Waals surface area contributed by atoms with Gasteiger partial charge in [-0.05, 0) is 54.8 Å². The van der Waals surface area contributed by atoms with Crippen molar-refractivity contribution in [3.05, 3.63) is 53.7 Å². The van der Waals surface area contributed by atoms with Crippen LogP contribution in [-0.4, -0.2) is 40.2 Å². The summed E-state index contributed by atoms with van der Waals surface area (Å²) in [5.74, 6) is 1.38. The van der Waals surface area contributed by atoms with Crippen LogP contribution in [0, 0.1) is 0 Å². The van der Waals surface area contributed by atoms with Crippen molar-refractivity contribution in [2.75, 3.05) is 18.7 Å². The molecule has 1 atom stereocenters. The van der Waals surface area contributed by atoms with Gasteiger partial charge in [-0.3, -0.25) is 4.79 Å². The highest BCUT2D eigenvalue weighted by Crippen LogP contribution is 2.51. The Kier molecular flexibility index (Phi) is 5.14. The number of aliphatic hydroxyl groups excluding tert-OH is 2. The number of hydrogen-bond acceptors (Lipinski definition) is 5. The number of hydrogen-bond donors (Lipinski definition) is 3. The van der Waals surface area contributed by atoms with Crippen molar-refractivity contribution < 1.29 is 24.5 Å². The molecule has 7 heteroatoms. The van der Waals surface area contributed by atoms with Gasteiger partial charge in [0.05, 0.1) is 24.7 Å². The number of nitrogens with zero attached hydrogens (tertiary/aromatic N) is 1. The molecule has 2 heterocycles. The van der Waals surface area contributed by atoms with E-state index in [2.05, 4.69) is 36.7 Å². The molecule has 3 N–H and O–H groups in total. The molecule has 0 spiro atoms. The van der Waals surface area contributed by atoms with E-state index in [1.54, 1.807) is 0 Å². The van der Waals surface area contributed by atoms with Gasteiger partial charge in [0.15, 0.2) is 11.5 Å². The minimum absolute atomic E-state index is 0.0214. The number of carbonyl (C=O) groups excluding carboxylic acids is 1. The Morgan fingerprint density at radius 3 is 2.58 bits per heavy atom. The van der Waals surface area contributed by atoms with Crippen molar-refractivity contribution in [2.45, 2.75) is 57.1 Å². The molecule has 2 aromatic carbocycles. The summed E-state index contributed by atoms with van der Waals surface area (Å²) in [4.78, 5) is 13.3. The van der Waals surface area contributed by atoms with Gasteiger partial charge in [-0.2, -0.15) is 0 Å². The van der Waals surface area contributed by atoms with Crippen LogP contribution >= 0.6 is 0 Å². The predicted molar refractivity (Wildman–Crippen MR) is 126 cm³/mol. The molecule has 0 saturated heterocycles. The Balaban J connectivity index is 1.43. The maximum Gasteiger partial charge on any atom is 0.235 e. The van der Waals surface area contributed by atoms with Gasteiger partial charge >= 0.3 is 0 Å². The summed E-state index contributed by atoms with van der Waals surface area (Å²) >= 11 is 0. The first kappa shape index (κ1) is 21.8. The van der Waals surface area contributed by atoms with E-state index in [1.807, 2.05) is 36.4 Å². The number of amides is 1. The van der Waals surface area contributed by atoms with E-state index in [9.17, 15) is 15.0 Å². The molecule has 3 aromatic rings. The third kappa shape index (κ3) is 3.85. The molecule has 1 aliphatic carbocycles. The first-order valence-electron chi connectivity index (χ1n) is 11.4.